The summed E-state index contributed by atoms with van der Waals surface area (Å²) in [5, 5.41) is 16.7. The van der Waals surface area contributed by atoms with Crippen LogP contribution in [0.3, 0.4) is 0 Å². The third-order valence-electron chi connectivity index (χ3n) is 2.42. The molecule has 1 aromatic rings. The molecular weight excluding hydrogens is 270 g/mol. The van der Waals surface area contributed by atoms with Crippen molar-refractivity contribution in [2.24, 2.45) is 0 Å². The van der Waals surface area contributed by atoms with Gasteiger partial charge in [-0.05, 0) is 19.4 Å². The number of carbonyl (C=O) groups is 1. The Balaban J connectivity index is 3.16. The first-order valence-electron chi connectivity index (χ1n) is 6.01. The number of halogens is 1. The van der Waals surface area contributed by atoms with E-state index in [2.05, 4.69) is 10.6 Å². The average molecular weight is 286 g/mol. The molecule has 19 heavy (non-hydrogen) atoms. The highest BCUT2D eigenvalue weighted by molar-refractivity contribution is 6.34. The zero-order valence-corrected chi connectivity index (χ0v) is 11.6. The molecule has 0 atom stereocenters. The molecule has 0 unspecified atom stereocenters. The molecule has 0 aromatic heterocycles. The van der Waals surface area contributed by atoms with E-state index in [4.69, 9.17) is 11.6 Å². The molecule has 0 aliphatic carbocycles. The molecule has 6 nitrogen and oxygen atoms in total. The van der Waals surface area contributed by atoms with Crippen molar-refractivity contribution in [1.29, 1.82) is 0 Å². The van der Waals surface area contributed by atoms with Crippen LogP contribution in [0.5, 0.6) is 0 Å². The molecule has 1 amide bonds. The monoisotopic (exact) mass is 285 g/mol. The van der Waals surface area contributed by atoms with Crippen molar-refractivity contribution in [1.82, 2.24) is 5.32 Å². The SMILES string of the molecule is CCCNC(=O)c1cc(Cl)c(NCC)c([N+](=O)[O-])c1. The van der Waals surface area contributed by atoms with Crippen LogP contribution < -0.4 is 10.6 Å². The molecule has 0 aliphatic heterocycles. The van der Waals surface area contributed by atoms with Gasteiger partial charge in [-0.1, -0.05) is 18.5 Å². The minimum absolute atomic E-state index is 0.165. The van der Waals surface area contributed by atoms with E-state index in [1.807, 2.05) is 13.8 Å². The van der Waals surface area contributed by atoms with Gasteiger partial charge in [0.1, 0.15) is 5.69 Å². The third kappa shape index (κ3) is 3.82. The van der Waals surface area contributed by atoms with Gasteiger partial charge in [-0.25, -0.2) is 0 Å². The van der Waals surface area contributed by atoms with E-state index in [0.717, 1.165) is 6.42 Å². The Kier molecular flexibility index (Phi) is 5.57. The van der Waals surface area contributed by atoms with Crippen LogP contribution in [0.25, 0.3) is 0 Å². The lowest BCUT2D eigenvalue weighted by Crippen LogP contribution is -2.24. The van der Waals surface area contributed by atoms with E-state index in [-0.39, 0.29) is 27.9 Å². The molecule has 0 bridgehead atoms. The smallest absolute Gasteiger partial charge is 0.294 e. The lowest BCUT2D eigenvalue weighted by molar-refractivity contribution is -0.384. The second-order valence-electron chi connectivity index (χ2n) is 3.90. The summed E-state index contributed by atoms with van der Waals surface area (Å²) in [4.78, 5) is 22.2. The summed E-state index contributed by atoms with van der Waals surface area (Å²) in [6, 6.07) is 2.66. The molecule has 104 valence electrons. The van der Waals surface area contributed by atoms with Crippen LogP contribution >= 0.6 is 11.6 Å². The molecule has 0 spiro atoms. The number of hydrogen-bond donors (Lipinski definition) is 2. The van der Waals surface area contributed by atoms with Crippen LogP contribution in [-0.2, 0) is 0 Å². The molecule has 2 N–H and O–H groups in total. The minimum Gasteiger partial charge on any atom is -0.379 e. The summed E-state index contributed by atoms with van der Waals surface area (Å²) >= 11 is 5.99. The molecule has 0 radical (unpaired) electrons. The van der Waals surface area contributed by atoms with Crippen molar-refractivity contribution in [2.75, 3.05) is 18.4 Å². The number of amides is 1. The van der Waals surface area contributed by atoms with Crippen LogP contribution in [0.15, 0.2) is 12.1 Å². The normalized spacial score (nSPS) is 10.1. The molecule has 7 heteroatoms. The Bertz CT molecular complexity index is 491. The topological polar surface area (TPSA) is 84.3 Å². The summed E-state index contributed by atoms with van der Waals surface area (Å²) in [5.74, 6) is -0.366. The highest BCUT2D eigenvalue weighted by Gasteiger charge is 2.20. The summed E-state index contributed by atoms with van der Waals surface area (Å²) in [5.41, 5.74) is 0.226. The Morgan fingerprint density at radius 3 is 2.63 bits per heavy atom. The number of benzene rings is 1. The number of nitro benzene ring substituents is 1. The van der Waals surface area contributed by atoms with E-state index in [9.17, 15) is 14.9 Å². The maximum Gasteiger partial charge on any atom is 0.294 e. The van der Waals surface area contributed by atoms with E-state index in [0.29, 0.717) is 13.1 Å². The number of nitrogens with one attached hydrogen (secondary N) is 2. The largest absolute Gasteiger partial charge is 0.379 e. The van der Waals surface area contributed by atoms with Gasteiger partial charge in [0, 0.05) is 24.7 Å². The highest BCUT2D eigenvalue weighted by Crippen LogP contribution is 2.33. The zero-order valence-electron chi connectivity index (χ0n) is 10.8. The fourth-order valence-corrected chi connectivity index (χ4v) is 1.84. The van der Waals surface area contributed by atoms with Crippen LogP contribution in [0, 0.1) is 10.1 Å². The van der Waals surface area contributed by atoms with E-state index >= 15 is 0 Å². The molecule has 0 saturated carbocycles. The highest BCUT2D eigenvalue weighted by atomic mass is 35.5. The summed E-state index contributed by atoms with van der Waals surface area (Å²) in [6.45, 7) is 4.74. The van der Waals surface area contributed by atoms with Gasteiger partial charge in [0.15, 0.2) is 0 Å². The first-order chi connectivity index (χ1) is 9.01. The van der Waals surface area contributed by atoms with Gasteiger partial charge in [-0.2, -0.15) is 0 Å². The summed E-state index contributed by atoms with van der Waals surface area (Å²) in [7, 11) is 0. The van der Waals surface area contributed by atoms with E-state index < -0.39 is 4.92 Å². The first-order valence-corrected chi connectivity index (χ1v) is 6.39. The minimum atomic E-state index is -0.555. The molecule has 1 rings (SSSR count). The van der Waals surface area contributed by atoms with Gasteiger partial charge in [0.2, 0.25) is 0 Å². The maximum absolute atomic E-state index is 11.8. The summed E-state index contributed by atoms with van der Waals surface area (Å²) in [6.07, 6.45) is 0.789. The molecule has 0 heterocycles. The van der Waals surface area contributed by atoms with Gasteiger partial charge in [-0.15, -0.1) is 0 Å². The fourth-order valence-electron chi connectivity index (χ4n) is 1.56. The number of nitro groups is 1. The van der Waals surface area contributed by atoms with Crippen LogP contribution in [0.1, 0.15) is 30.6 Å². The van der Waals surface area contributed by atoms with Crippen molar-refractivity contribution in [3.8, 4) is 0 Å². The Morgan fingerprint density at radius 1 is 1.42 bits per heavy atom. The predicted octanol–water partition coefficient (Wildman–Crippen LogP) is 2.82. The molecular formula is C12H16ClN3O3. The quantitative estimate of drug-likeness (QED) is 0.622. The second-order valence-corrected chi connectivity index (χ2v) is 4.30. The standard InChI is InChI=1S/C12H16ClN3O3/c1-3-5-15-12(17)8-6-9(13)11(14-4-2)10(7-8)16(18)19/h6-7,14H,3-5H2,1-2H3,(H,15,17). The lowest BCUT2D eigenvalue weighted by atomic mass is 10.1. The third-order valence-corrected chi connectivity index (χ3v) is 2.72. The number of hydrogen-bond acceptors (Lipinski definition) is 4. The lowest BCUT2D eigenvalue weighted by Gasteiger charge is -2.09. The van der Waals surface area contributed by atoms with Crippen molar-refractivity contribution >= 4 is 28.9 Å². The Labute approximate surface area is 116 Å². The molecule has 1 aromatic carbocycles. The molecule has 0 fully saturated rings. The average Bonchev–Trinajstić information content (AvgIpc) is 2.37. The van der Waals surface area contributed by atoms with Crippen molar-refractivity contribution in [3.05, 3.63) is 32.8 Å². The van der Waals surface area contributed by atoms with Gasteiger partial charge >= 0.3 is 0 Å². The number of rotatable bonds is 6. The zero-order chi connectivity index (χ0) is 14.4. The van der Waals surface area contributed by atoms with E-state index in [1.165, 1.54) is 12.1 Å². The van der Waals surface area contributed by atoms with Gasteiger partial charge in [0.05, 0.1) is 9.95 Å². The first kappa shape index (κ1) is 15.2. The Hall–Kier alpha value is -1.82. The maximum atomic E-state index is 11.8. The molecule has 0 aliphatic rings. The number of anilines is 1. The van der Waals surface area contributed by atoms with Crippen LogP contribution in [0.2, 0.25) is 5.02 Å². The fraction of sp³-hybridized carbons (Fsp3) is 0.417. The second kappa shape index (κ2) is 6.94. The van der Waals surface area contributed by atoms with E-state index in [1.54, 1.807) is 0 Å². The number of nitrogens with zero attached hydrogens (tertiary/aromatic N) is 1. The van der Waals surface area contributed by atoms with Crippen molar-refractivity contribution in [2.45, 2.75) is 20.3 Å². The van der Waals surface area contributed by atoms with Crippen molar-refractivity contribution < 1.29 is 9.72 Å². The molecule has 0 saturated heterocycles. The number of carbonyl (C=O) groups excluding carboxylic acids is 1. The van der Waals surface area contributed by atoms with Gasteiger partial charge in [0.25, 0.3) is 11.6 Å². The predicted molar refractivity (Wildman–Crippen MR) is 74.9 cm³/mol. The van der Waals surface area contributed by atoms with Gasteiger partial charge in [-0.3, -0.25) is 14.9 Å². The van der Waals surface area contributed by atoms with Crippen LogP contribution in [0.4, 0.5) is 11.4 Å². The van der Waals surface area contributed by atoms with Gasteiger partial charge < -0.3 is 10.6 Å². The summed E-state index contributed by atoms with van der Waals surface area (Å²) < 4.78 is 0. The van der Waals surface area contributed by atoms with Crippen molar-refractivity contribution in [3.63, 3.8) is 0 Å². The Morgan fingerprint density at radius 2 is 2.11 bits per heavy atom. The van der Waals surface area contributed by atoms with Crippen LogP contribution in [-0.4, -0.2) is 23.9 Å².